The lowest BCUT2D eigenvalue weighted by atomic mass is 10.4. The van der Waals surface area contributed by atoms with Crippen LogP contribution in [0.15, 0.2) is 133 Å². The SMILES string of the molecule is C=C(P(c1ccccc1)c1ccccc1)P(c1ccccc1)c1ccccc1. The van der Waals surface area contributed by atoms with E-state index in [4.69, 9.17) is 6.58 Å². The van der Waals surface area contributed by atoms with Crippen LogP contribution >= 0.6 is 15.8 Å². The van der Waals surface area contributed by atoms with Crippen molar-refractivity contribution in [1.29, 1.82) is 0 Å². The molecule has 0 amide bonds. The summed E-state index contributed by atoms with van der Waals surface area (Å²) in [5, 5.41) is 6.74. The summed E-state index contributed by atoms with van der Waals surface area (Å²) in [6.07, 6.45) is 0. The van der Waals surface area contributed by atoms with Gasteiger partial charge in [0.15, 0.2) is 0 Å². The quantitative estimate of drug-likeness (QED) is 0.366. The molecule has 0 atom stereocenters. The minimum absolute atomic E-state index is 0.664. The van der Waals surface area contributed by atoms with Gasteiger partial charge in [0.2, 0.25) is 0 Å². The van der Waals surface area contributed by atoms with Crippen LogP contribution in [0.2, 0.25) is 0 Å². The highest BCUT2D eigenvalue weighted by molar-refractivity contribution is 7.94. The number of benzene rings is 4. The molecule has 4 rings (SSSR count). The van der Waals surface area contributed by atoms with Crippen LogP contribution in [0.1, 0.15) is 0 Å². The predicted octanol–water partition coefficient (Wildman–Crippen LogP) is 5.72. The molecule has 0 saturated heterocycles. The van der Waals surface area contributed by atoms with E-state index < -0.39 is 15.8 Å². The van der Waals surface area contributed by atoms with Gasteiger partial charge in [-0.25, -0.2) is 0 Å². The summed E-state index contributed by atoms with van der Waals surface area (Å²) in [6, 6.07) is 43.4. The fraction of sp³-hybridized carbons (Fsp3) is 0. The molecule has 0 aromatic heterocycles. The maximum absolute atomic E-state index is 4.72. The second-order valence-corrected chi connectivity index (χ2v) is 11.3. The Hall–Kier alpha value is -2.52. The normalized spacial score (nSPS) is 10.9. The van der Waals surface area contributed by atoms with Crippen LogP contribution in [-0.2, 0) is 0 Å². The van der Waals surface area contributed by atoms with Gasteiger partial charge in [0.1, 0.15) is 0 Å². The van der Waals surface area contributed by atoms with Crippen molar-refractivity contribution < 1.29 is 0 Å². The maximum Gasteiger partial charge on any atom is -0.0118 e. The number of rotatable bonds is 6. The molecule has 2 heteroatoms. The van der Waals surface area contributed by atoms with Crippen molar-refractivity contribution in [2.24, 2.45) is 0 Å². The summed E-state index contributed by atoms with van der Waals surface area (Å²) in [5.41, 5.74) is 0. The zero-order chi connectivity index (χ0) is 19.2. The largest absolute Gasteiger partial charge is 0.0895 e. The standard InChI is InChI=1S/C26H22P2/c1-22(27(23-14-6-2-7-15-23)24-16-8-3-9-17-24)28(25-18-10-4-11-19-25)26-20-12-5-13-21-26/h2-21H,1H2. The molecule has 4 aromatic rings. The van der Waals surface area contributed by atoms with Crippen molar-refractivity contribution >= 4 is 37.1 Å². The Morgan fingerprint density at radius 1 is 0.393 bits per heavy atom. The molecule has 4 aromatic carbocycles. The van der Waals surface area contributed by atoms with Crippen LogP contribution in [0, 0.1) is 0 Å². The third-order valence-electron chi connectivity index (χ3n) is 4.57. The van der Waals surface area contributed by atoms with Crippen LogP contribution in [0.4, 0.5) is 0 Å². The second-order valence-electron chi connectivity index (χ2n) is 6.43. The Bertz CT molecular complexity index is 849. The highest BCUT2D eigenvalue weighted by Gasteiger charge is 2.26. The lowest BCUT2D eigenvalue weighted by Crippen LogP contribution is -2.18. The highest BCUT2D eigenvalue weighted by Crippen LogP contribution is 2.58. The Balaban J connectivity index is 1.85. The summed E-state index contributed by atoms with van der Waals surface area (Å²) < 4.78 is 0. The summed E-state index contributed by atoms with van der Waals surface area (Å²) in [4.78, 5) is 0. The molecule has 136 valence electrons. The molecule has 0 spiro atoms. The first kappa shape index (κ1) is 18.8. The molecule has 0 unspecified atom stereocenters. The van der Waals surface area contributed by atoms with E-state index >= 15 is 0 Å². The van der Waals surface area contributed by atoms with Crippen LogP contribution < -0.4 is 21.2 Å². The Labute approximate surface area is 170 Å². The Morgan fingerprint density at radius 2 is 0.607 bits per heavy atom. The van der Waals surface area contributed by atoms with E-state index in [1.54, 1.807) is 0 Å². The first-order valence-electron chi connectivity index (χ1n) is 9.34. The van der Waals surface area contributed by atoms with Crippen molar-refractivity contribution in [3.8, 4) is 0 Å². The van der Waals surface area contributed by atoms with Crippen LogP contribution in [0.3, 0.4) is 0 Å². The molecular weight excluding hydrogens is 374 g/mol. The maximum atomic E-state index is 4.72. The van der Waals surface area contributed by atoms with Crippen molar-refractivity contribution in [2.45, 2.75) is 0 Å². The first-order valence-corrected chi connectivity index (χ1v) is 12.0. The molecule has 0 aliphatic carbocycles. The molecular formula is C26H22P2. The average Bonchev–Trinajstić information content (AvgIpc) is 2.77. The van der Waals surface area contributed by atoms with Gasteiger partial charge in [0.25, 0.3) is 0 Å². The lowest BCUT2D eigenvalue weighted by Gasteiger charge is -2.29. The van der Waals surface area contributed by atoms with E-state index in [2.05, 4.69) is 121 Å². The van der Waals surface area contributed by atoms with Crippen molar-refractivity contribution in [3.63, 3.8) is 0 Å². The molecule has 28 heavy (non-hydrogen) atoms. The summed E-state index contributed by atoms with van der Waals surface area (Å²) in [6.45, 7) is 4.72. The van der Waals surface area contributed by atoms with Crippen LogP contribution in [0.5, 0.6) is 0 Å². The van der Waals surface area contributed by atoms with Crippen molar-refractivity contribution in [1.82, 2.24) is 0 Å². The van der Waals surface area contributed by atoms with E-state index in [1.165, 1.54) is 26.3 Å². The minimum atomic E-state index is -0.664. The molecule has 0 bridgehead atoms. The highest BCUT2D eigenvalue weighted by atomic mass is 31.2. The Morgan fingerprint density at radius 3 is 0.821 bits per heavy atom. The molecule has 0 radical (unpaired) electrons. The van der Waals surface area contributed by atoms with Gasteiger partial charge < -0.3 is 0 Å². The molecule has 0 heterocycles. The zero-order valence-electron chi connectivity index (χ0n) is 15.6. The summed E-state index contributed by atoms with van der Waals surface area (Å²) in [7, 11) is -1.33. The van der Waals surface area contributed by atoms with Gasteiger partial charge in [-0.15, -0.1) is 0 Å². The number of hydrogen-bond donors (Lipinski definition) is 0. The van der Waals surface area contributed by atoms with E-state index in [9.17, 15) is 0 Å². The van der Waals surface area contributed by atoms with Gasteiger partial charge >= 0.3 is 0 Å². The van der Waals surface area contributed by atoms with Crippen molar-refractivity contribution in [2.75, 3.05) is 0 Å². The fourth-order valence-electron chi connectivity index (χ4n) is 3.30. The smallest absolute Gasteiger partial charge is 0.0118 e. The van der Waals surface area contributed by atoms with Crippen LogP contribution in [0.25, 0.3) is 0 Å². The third kappa shape index (κ3) is 4.15. The van der Waals surface area contributed by atoms with Gasteiger partial charge in [-0.05, 0) is 42.1 Å². The summed E-state index contributed by atoms with van der Waals surface area (Å²) in [5.74, 6) is 0. The van der Waals surface area contributed by atoms with E-state index in [1.807, 2.05) is 0 Å². The Kier molecular flexibility index (Phi) is 6.13. The van der Waals surface area contributed by atoms with Gasteiger partial charge in [-0.3, -0.25) is 0 Å². The van der Waals surface area contributed by atoms with E-state index in [0.717, 1.165) is 0 Å². The average molecular weight is 396 g/mol. The molecule has 0 aliphatic heterocycles. The topological polar surface area (TPSA) is 0 Å². The third-order valence-corrected chi connectivity index (χ3v) is 10.1. The van der Waals surface area contributed by atoms with Crippen molar-refractivity contribution in [3.05, 3.63) is 133 Å². The summed E-state index contributed by atoms with van der Waals surface area (Å²) >= 11 is 0. The van der Waals surface area contributed by atoms with Gasteiger partial charge in [-0.2, -0.15) is 0 Å². The monoisotopic (exact) mass is 396 g/mol. The molecule has 0 fully saturated rings. The zero-order valence-corrected chi connectivity index (χ0v) is 17.4. The van der Waals surface area contributed by atoms with Crippen LogP contribution in [-0.4, -0.2) is 0 Å². The van der Waals surface area contributed by atoms with Gasteiger partial charge in [-0.1, -0.05) is 128 Å². The van der Waals surface area contributed by atoms with E-state index in [0.29, 0.717) is 0 Å². The predicted molar refractivity (Wildman–Crippen MR) is 127 cm³/mol. The number of hydrogen-bond acceptors (Lipinski definition) is 0. The first-order chi connectivity index (χ1) is 13.8. The second kappa shape index (κ2) is 9.11. The fourth-order valence-corrected chi connectivity index (χ4v) is 9.16. The lowest BCUT2D eigenvalue weighted by molar-refractivity contribution is 1.74. The van der Waals surface area contributed by atoms with Gasteiger partial charge in [0.05, 0.1) is 0 Å². The molecule has 0 nitrogen and oxygen atoms in total. The molecule has 0 saturated carbocycles. The van der Waals surface area contributed by atoms with E-state index in [-0.39, 0.29) is 0 Å². The molecule has 0 N–H and O–H groups in total. The minimum Gasteiger partial charge on any atom is -0.0895 e. The molecule has 0 aliphatic rings. The van der Waals surface area contributed by atoms with Gasteiger partial charge in [0, 0.05) is 0 Å².